The Hall–Kier alpha value is -0.452. The maximum Gasteiger partial charge on any atom is 4.00 e. The molecular formula is C19H34N2O4Pt. The van der Waals surface area contributed by atoms with Crippen LogP contribution in [0.4, 0.5) is 0 Å². The maximum absolute atomic E-state index is 9.84. The van der Waals surface area contributed by atoms with Crippen molar-refractivity contribution >= 4 is 11.9 Å². The van der Waals surface area contributed by atoms with Crippen molar-refractivity contribution in [1.29, 1.82) is 0 Å². The van der Waals surface area contributed by atoms with Crippen LogP contribution in [0, 0.1) is 5.92 Å². The van der Waals surface area contributed by atoms with Gasteiger partial charge in [-0.05, 0) is 6.42 Å². The summed E-state index contributed by atoms with van der Waals surface area (Å²) in [5.74, 6) is -4.64. The van der Waals surface area contributed by atoms with Crippen LogP contribution in [-0.2, 0) is 30.7 Å². The van der Waals surface area contributed by atoms with Crippen molar-refractivity contribution in [1.82, 2.24) is 0 Å². The van der Waals surface area contributed by atoms with Crippen molar-refractivity contribution in [2.24, 2.45) is 5.92 Å². The molecule has 2 fully saturated rings. The van der Waals surface area contributed by atoms with Crippen LogP contribution >= 0.6 is 0 Å². The quantitative estimate of drug-likeness (QED) is 0.503. The van der Waals surface area contributed by atoms with Gasteiger partial charge in [-0.25, -0.2) is 0 Å². The molecule has 0 aromatic carbocycles. The summed E-state index contributed by atoms with van der Waals surface area (Å²) in [6.45, 7) is 5.94. The first-order valence-electron chi connectivity index (χ1n) is 9.77. The Morgan fingerprint density at radius 3 is 1.15 bits per heavy atom. The largest absolute Gasteiger partial charge is 4.00 e. The van der Waals surface area contributed by atoms with Gasteiger partial charge in [0, 0.05) is 5.92 Å². The Labute approximate surface area is 173 Å². The molecule has 2 rings (SSSR count). The molecule has 154 valence electrons. The standard InChI is InChI=1S/2C7H14N.C5H8O4.Pt/c2*1-2-4-6-8-7-5-3-1;1-2-3(4(6)7)5(8)9;/h2*1-7H2;3H,2H2,1H3,(H,6,7)(H,8,9);/q2*-1;;+4/p-2. The average Bonchev–Trinajstić information content (AvgIpc) is 2.46. The predicted octanol–water partition coefficient (Wildman–Crippen LogP) is 2.16. The van der Waals surface area contributed by atoms with Crippen molar-refractivity contribution < 1.29 is 40.9 Å². The van der Waals surface area contributed by atoms with Crippen LogP contribution in [0.5, 0.6) is 0 Å². The van der Waals surface area contributed by atoms with Gasteiger partial charge in [-0.3, -0.25) is 0 Å². The number of carboxylic acids is 2. The summed E-state index contributed by atoms with van der Waals surface area (Å²) in [4.78, 5) is 19.7. The predicted molar refractivity (Wildman–Crippen MR) is 96.2 cm³/mol. The summed E-state index contributed by atoms with van der Waals surface area (Å²) in [6.07, 6.45) is 13.8. The normalized spacial score (nSPS) is 18.1. The van der Waals surface area contributed by atoms with Gasteiger partial charge in [0.25, 0.3) is 0 Å². The minimum absolute atomic E-state index is 0. The summed E-state index contributed by atoms with van der Waals surface area (Å²) in [5.41, 5.74) is 0. The van der Waals surface area contributed by atoms with Crippen molar-refractivity contribution in [3.8, 4) is 0 Å². The molecule has 0 unspecified atom stereocenters. The number of carboxylic acid groups (broad SMARTS) is 2. The van der Waals surface area contributed by atoms with Gasteiger partial charge in [0.2, 0.25) is 0 Å². The smallest absolute Gasteiger partial charge is 0.662 e. The number of hydrogen-bond acceptors (Lipinski definition) is 4. The second kappa shape index (κ2) is 20.9. The van der Waals surface area contributed by atoms with E-state index in [1.807, 2.05) is 0 Å². The summed E-state index contributed by atoms with van der Waals surface area (Å²) >= 11 is 0. The molecule has 2 aliphatic rings. The summed E-state index contributed by atoms with van der Waals surface area (Å²) in [5, 5.41) is 28.3. The van der Waals surface area contributed by atoms with Crippen LogP contribution < -0.4 is 10.2 Å². The molecule has 0 radical (unpaired) electrons. The van der Waals surface area contributed by atoms with E-state index in [0.29, 0.717) is 0 Å². The van der Waals surface area contributed by atoms with E-state index < -0.39 is 17.9 Å². The number of rotatable bonds is 3. The molecule has 2 aliphatic heterocycles. The first kappa shape index (κ1) is 27.8. The summed E-state index contributed by atoms with van der Waals surface area (Å²) < 4.78 is 0. The molecule has 0 N–H and O–H groups in total. The Morgan fingerprint density at radius 2 is 0.962 bits per heavy atom. The van der Waals surface area contributed by atoms with Gasteiger partial charge in [0.1, 0.15) is 0 Å². The molecule has 0 atom stereocenters. The van der Waals surface area contributed by atoms with Gasteiger partial charge in [-0.15, -0.1) is 26.2 Å². The van der Waals surface area contributed by atoms with Crippen LogP contribution in [0.15, 0.2) is 0 Å². The summed E-state index contributed by atoms with van der Waals surface area (Å²) in [6, 6.07) is 0. The number of carbonyl (C=O) groups is 2. The number of nitrogens with zero attached hydrogens (tertiary/aromatic N) is 2. The molecule has 7 heteroatoms. The molecule has 26 heavy (non-hydrogen) atoms. The third-order valence-corrected chi connectivity index (χ3v) is 4.24. The number of aliphatic carboxylic acids is 2. The molecule has 2 saturated heterocycles. The molecule has 0 saturated carbocycles. The van der Waals surface area contributed by atoms with Crippen LogP contribution in [0.25, 0.3) is 10.6 Å². The Balaban J connectivity index is 0. The fraction of sp³-hybridized carbons (Fsp3) is 0.895. The average molecular weight is 550 g/mol. The van der Waals surface area contributed by atoms with Crippen molar-refractivity contribution in [2.45, 2.75) is 77.6 Å². The Bertz CT molecular complexity index is 266. The number of carbonyl (C=O) groups excluding carboxylic acids is 2. The van der Waals surface area contributed by atoms with Gasteiger partial charge in [0.05, 0.1) is 11.9 Å². The second-order valence-corrected chi connectivity index (χ2v) is 6.48. The van der Waals surface area contributed by atoms with Crippen LogP contribution in [0.1, 0.15) is 77.6 Å². The van der Waals surface area contributed by atoms with E-state index in [1.165, 1.54) is 71.1 Å². The molecular weight excluding hydrogens is 515 g/mol. The molecule has 0 aromatic rings. The van der Waals surface area contributed by atoms with Crippen molar-refractivity contribution in [3.05, 3.63) is 10.6 Å². The van der Waals surface area contributed by atoms with Crippen molar-refractivity contribution in [2.75, 3.05) is 26.2 Å². The van der Waals surface area contributed by atoms with E-state index >= 15 is 0 Å². The zero-order valence-electron chi connectivity index (χ0n) is 16.0. The first-order chi connectivity index (χ1) is 12.1. The van der Waals surface area contributed by atoms with Crippen LogP contribution in [0.3, 0.4) is 0 Å². The third kappa shape index (κ3) is 18.3. The number of hydrogen-bond donors (Lipinski definition) is 0. The minimum Gasteiger partial charge on any atom is -0.662 e. The van der Waals surface area contributed by atoms with E-state index in [0.717, 1.165) is 26.2 Å². The van der Waals surface area contributed by atoms with Crippen molar-refractivity contribution in [3.63, 3.8) is 0 Å². The molecule has 0 spiro atoms. The van der Waals surface area contributed by atoms with E-state index in [1.54, 1.807) is 0 Å². The van der Waals surface area contributed by atoms with E-state index in [4.69, 9.17) is 0 Å². The fourth-order valence-electron chi connectivity index (χ4n) is 2.61. The van der Waals surface area contributed by atoms with E-state index in [-0.39, 0.29) is 27.5 Å². The first-order valence-corrected chi connectivity index (χ1v) is 9.77. The van der Waals surface area contributed by atoms with Gasteiger partial charge in [-0.2, -0.15) is 0 Å². The Morgan fingerprint density at radius 1 is 0.692 bits per heavy atom. The van der Waals surface area contributed by atoms with E-state index in [9.17, 15) is 19.8 Å². The topological polar surface area (TPSA) is 108 Å². The van der Waals surface area contributed by atoms with E-state index in [2.05, 4.69) is 10.6 Å². The zero-order chi connectivity index (χ0) is 18.8. The van der Waals surface area contributed by atoms with Crippen LogP contribution in [0.2, 0.25) is 0 Å². The summed E-state index contributed by atoms with van der Waals surface area (Å²) in [7, 11) is 0. The van der Waals surface area contributed by atoms with Crippen LogP contribution in [-0.4, -0.2) is 38.1 Å². The molecule has 0 aromatic heterocycles. The fourth-order valence-corrected chi connectivity index (χ4v) is 2.61. The third-order valence-electron chi connectivity index (χ3n) is 4.24. The minimum atomic E-state index is -1.59. The molecule has 6 nitrogen and oxygen atoms in total. The molecule has 0 bridgehead atoms. The SMILES string of the molecule is C1CCC[N-]CCC1.C1CCC[N-]CCC1.CCC(C(=O)[O-])C(=O)[O-].[Pt+4]. The van der Waals surface area contributed by atoms with Gasteiger partial charge >= 0.3 is 21.1 Å². The monoisotopic (exact) mass is 549 g/mol. The molecule has 2 heterocycles. The molecule has 0 aliphatic carbocycles. The maximum atomic E-state index is 9.84. The second-order valence-electron chi connectivity index (χ2n) is 6.48. The molecule has 0 amide bonds. The van der Waals surface area contributed by atoms with Gasteiger partial charge in [-0.1, -0.05) is 71.1 Å². The van der Waals surface area contributed by atoms with Gasteiger partial charge < -0.3 is 30.4 Å². The Kier molecular flexibility index (Phi) is 22.3. The zero-order valence-corrected chi connectivity index (χ0v) is 18.3. The van der Waals surface area contributed by atoms with Gasteiger partial charge in [0.15, 0.2) is 0 Å².